The molecule has 1 N–H and O–H groups in total. The van der Waals surface area contributed by atoms with E-state index in [1.165, 1.54) is 23.1 Å². The number of nitrogens with one attached hydrogen (secondary N) is 1. The van der Waals surface area contributed by atoms with Crippen molar-refractivity contribution in [3.05, 3.63) is 94.2 Å². The van der Waals surface area contributed by atoms with E-state index in [1.807, 2.05) is 34.9 Å². The summed E-state index contributed by atoms with van der Waals surface area (Å²) in [6, 6.07) is 15.8. The molecule has 9 heteroatoms. The van der Waals surface area contributed by atoms with Gasteiger partial charge < -0.3 is 4.57 Å². The van der Waals surface area contributed by atoms with Crippen LogP contribution in [0.25, 0.3) is 17.0 Å². The van der Waals surface area contributed by atoms with Crippen LogP contribution in [0.1, 0.15) is 11.3 Å². The van der Waals surface area contributed by atoms with Crippen molar-refractivity contribution in [3.63, 3.8) is 0 Å². The molecule has 0 bridgehead atoms. The molecule has 32 heavy (non-hydrogen) atoms. The van der Waals surface area contributed by atoms with Gasteiger partial charge in [0.05, 0.1) is 4.92 Å². The molecule has 1 saturated heterocycles. The van der Waals surface area contributed by atoms with E-state index in [0.29, 0.717) is 12.2 Å². The number of para-hydroxylation sites is 1. The Morgan fingerprint density at radius 3 is 2.53 bits per heavy atom. The van der Waals surface area contributed by atoms with Gasteiger partial charge in [0.1, 0.15) is 5.57 Å². The van der Waals surface area contributed by atoms with Crippen molar-refractivity contribution >= 4 is 51.8 Å². The highest BCUT2D eigenvalue weighted by Gasteiger charge is 2.33. The fraction of sp³-hybridized carbons (Fsp3) is 0.0870. The van der Waals surface area contributed by atoms with Crippen LogP contribution in [0.5, 0.6) is 0 Å². The van der Waals surface area contributed by atoms with Gasteiger partial charge in [-0.1, -0.05) is 36.4 Å². The molecule has 1 fully saturated rings. The number of rotatable bonds is 6. The number of non-ortho nitro benzene ring substituents is 1. The first-order valence-electron chi connectivity index (χ1n) is 9.70. The summed E-state index contributed by atoms with van der Waals surface area (Å²) < 4.78 is 1.95. The van der Waals surface area contributed by atoms with Crippen LogP contribution in [-0.2, 0) is 16.1 Å². The van der Waals surface area contributed by atoms with Gasteiger partial charge in [-0.15, -0.1) is 6.58 Å². The van der Waals surface area contributed by atoms with E-state index in [2.05, 4.69) is 11.9 Å². The third-order valence-electron chi connectivity index (χ3n) is 5.12. The van der Waals surface area contributed by atoms with E-state index in [1.54, 1.807) is 18.2 Å². The Kier molecular flexibility index (Phi) is 5.65. The van der Waals surface area contributed by atoms with Gasteiger partial charge in [0.2, 0.25) is 0 Å². The lowest BCUT2D eigenvalue weighted by Crippen LogP contribution is -2.53. The first-order chi connectivity index (χ1) is 15.4. The number of thiocarbonyl (C=S) groups is 1. The average Bonchev–Trinajstić information content (AvgIpc) is 3.11. The molecular weight excluding hydrogens is 428 g/mol. The largest absolute Gasteiger partial charge is 0.336 e. The highest BCUT2D eigenvalue weighted by molar-refractivity contribution is 7.80. The van der Waals surface area contributed by atoms with Gasteiger partial charge in [0.25, 0.3) is 17.5 Å². The second-order valence-corrected chi connectivity index (χ2v) is 7.55. The number of aromatic nitrogens is 1. The molecule has 4 rings (SSSR count). The zero-order chi connectivity index (χ0) is 22.8. The standard InChI is InChI=1S/C23H18N4O4S/c1-2-11-25-22(29)19(21(28)24-23(25)32)13-18-12-16-5-3-4-6-20(16)26(18)14-15-7-9-17(10-8-15)27(30)31/h2-10,12-13H,1,11,14H2,(H,24,28,32)/b19-13-. The third kappa shape index (κ3) is 3.93. The Hall–Kier alpha value is -4.11. The number of hydrogen-bond donors (Lipinski definition) is 1. The zero-order valence-corrected chi connectivity index (χ0v) is 17.7. The first kappa shape index (κ1) is 21.1. The van der Waals surface area contributed by atoms with Crippen molar-refractivity contribution in [2.75, 3.05) is 6.54 Å². The summed E-state index contributed by atoms with van der Waals surface area (Å²) >= 11 is 5.10. The second-order valence-electron chi connectivity index (χ2n) is 7.16. The fourth-order valence-corrected chi connectivity index (χ4v) is 3.82. The van der Waals surface area contributed by atoms with Crippen molar-refractivity contribution in [1.82, 2.24) is 14.8 Å². The minimum Gasteiger partial charge on any atom is -0.336 e. The fourth-order valence-electron chi connectivity index (χ4n) is 3.57. The van der Waals surface area contributed by atoms with Gasteiger partial charge >= 0.3 is 0 Å². The maximum Gasteiger partial charge on any atom is 0.269 e. The number of hydrogen-bond acceptors (Lipinski definition) is 5. The molecule has 160 valence electrons. The van der Waals surface area contributed by atoms with Gasteiger partial charge in [0.15, 0.2) is 5.11 Å². The lowest BCUT2D eigenvalue weighted by Gasteiger charge is -2.27. The summed E-state index contributed by atoms with van der Waals surface area (Å²) in [5.41, 5.74) is 2.36. The Morgan fingerprint density at radius 1 is 1.12 bits per heavy atom. The number of benzene rings is 2. The molecule has 0 spiro atoms. The van der Waals surface area contributed by atoms with Gasteiger partial charge in [-0.3, -0.25) is 29.9 Å². The van der Waals surface area contributed by atoms with Gasteiger partial charge in [-0.05, 0) is 36.0 Å². The van der Waals surface area contributed by atoms with E-state index in [-0.39, 0.29) is 22.9 Å². The van der Waals surface area contributed by atoms with Crippen molar-refractivity contribution in [1.29, 1.82) is 0 Å². The smallest absolute Gasteiger partial charge is 0.269 e. The van der Waals surface area contributed by atoms with Crippen LogP contribution in [0, 0.1) is 10.1 Å². The van der Waals surface area contributed by atoms with Crippen molar-refractivity contribution in [3.8, 4) is 0 Å². The van der Waals surface area contributed by atoms with Crippen LogP contribution in [0.3, 0.4) is 0 Å². The van der Waals surface area contributed by atoms with Crippen LogP contribution in [-0.4, -0.2) is 37.9 Å². The Morgan fingerprint density at radius 2 is 1.84 bits per heavy atom. The molecule has 0 atom stereocenters. The van der Waals surface area contributed by atoms with Crippen LogP contribution in [0.2, 0.25) is 0 Å². The molecule has 8 nitrogen and oxygen atoms in total. The molecule has 0 aliphatic carbocycles. The highest BCUT2D eigenvalue weighted by Crippen LogP contribution is 2.25. The minimum atomic E-state index is -0.563. The number of fused-ring (bicyclic) bond motifs is 1. The Balaban J connectivity index is 1.78. The average molecular weight is 446 g/mol. The van der Waals surface area contributed by atoms with Gasteiger partial charge in [-0.25, -0.2) is 0 Å². The molecular formula is C23H18N4O4S. The molecule has 1 aromatic heterocycles. The second kappa shape index (κ2) is 8.56. The van der Waals surface area contributed by atoms with E-state index < -0.39 is 16.7 Å². The highest BCUT2D eigenvalue weighted by atomic mass is 32.1. The summed E-state index contributed by atoms with van der Waals surface area (Å²) in [5, 5.41) is 14.5. The van der Waals surface area contributed by atoms with E-state index in [0.717, 1.165) is 16.5 Å². The molecule has 3 aromatic rings. The van der Waals surface area contributed by atoms with Crippen molar-refractivity contribution in [2.45, 2.75) is 6.54 Å². The van der Waals surface area contributed by atoms with Gasteiger partial charge in [-0.2, -0.15) is 0 Å². The zero-order valence-electron chi connectivity index (χ0n) is 16.9. The minimum absolute atomic E-state index is 0.0104. The molecule has 1 aliphatic rings. The van der Waals surface area contributed by atoms with Crippen LogP contribution in [0.4, 0.5) is 5.69 Å². The number of carbonyl (C=O) groups is 2. The summed E-state index contributed by atoms with van der Waals surface area (Å²) in [5.74, 6) is -1.06. The number of amides is 2. The molecule has 0 saturated carbocycles. The third-order valence-corrected chi connectivity index (χ3v) is 5.44. The summed E-state index contributed by atoms with van der Waals surface area (Å²) in [6.45, 7) is 4.21. The number of carbonyl (C=O) groups excluding carboxylic acids is 2. The molecule has 1 aliphatic heterocycles. The van der Waals surface area contributed by atoms with Crippen LogP contribution < -0.4 is 5.32 Å². The summed E-state index contributed by atoms with van der Waals surface area (Å²) in [6.07, 6.45) is 3.08. The van der Waals surface area contributed by atoms with Crippen molar-refractivity contribution < 1.29 is 14.5 Å². The number of nitrogens with zero attached hydrogens (tertiary/aromatic N) is 3. The molecule has 0 radical (unpaired) electrons. The molecule has 2 aromatic carbocycles. The van der Waals surface area contributed by atoms with E-state index >= 15 is 0 Å². The lowest BCUT2D eigenvalue weighted by atomic mass is 10.1. The monoisotopic (exact) mass is 446 g/mol. The number of nitro benzene ring substituents is 1. The van der Waals surface area contributed by atoms with E-state index in [9.17, 15) is 19.7 Å². The number of nitro groups is 1. The molecule has 2 heterocycles. The maximum atomic E-state index is 12.9. The van der Waals surface area contributed by atoms with Crippen LogP contribution in [0.15, 0.2) is 72.8 Å². The maximum absolute atomic E-state index is 12.9. The van der Waals surface area contributed by atoms with E-state index in [4.69, 9.17) is 12.2 Å². The quantitative estimate of drug-likeness (QED) is 0.156. The topological polar surface area (TPSA) is 97.5 Å². The lowest BCUT2D eigenvalue weighted by molar-refractivity contribution is -0.384. The predicted octanol–water partition coefficient (Wildman–Crippen LogP) is 3.41. The Bertz CT molecular complexity index is 1310. The summed E-state index contributed by atoms with van der Waals surface area (Å²) in [4.78, 5) is 37.2. The summed E-state index contributed by atoms with van der Waals surface area (Å²) in [7, 11) is 0. The normalized spacial score (nSPS) is 15.3. The molecule has 0 unspecified atom stereocenters. The van der Waals surface area contributed by atoms with Crippen LogP contribution >= 0.6 is 12.2 Å². The predicted molar refractivity (Wildman–Crippen MR) is 125 cm³/mol. The SMILES string of the molecule is C=CCN1C(=O)/C(=C\c2cc3ccccc3n2Cc2ccc([N+](=O)[O-])cc2)C(=O)NC1=S. The van der Waals surface area contributed by atoms with Crippen molar-refractivity contribution in [2.24, 2.45) is 0 Å². The molecule has 2 amide bonds. The van der Waals surface area contributed by atoms with Gasteiger partial charge in [0, 0.05) is 41.8 Å². The Labute approximate surface area is 188 Å². The first-order valence-corrected chi connectivity index (χ1v) is 10.1.